The van der Waals surface area contributed by atoms with Gasteiger partial charge in [0.15, 0.2) is 11.5 Å². The zero-order chi connectivity index (χ0) is 12.7. The summed E-state index contributed by atoms with van der Waals surface area (Å²) >= 11 is 0. The Kier molecular flexibility index (Phi) is 2.13. The molecular formula is C13H10N2O3. The number of aromatic nitrogens is 1. The van der Waals surface area contributed by atoms with E-state index in [0.29, 0.717) is 16.8 Å². The van der Waals surface area contributed by atoms with Crippen molar-refractivity contribution < 1.29 is 15.0 Å². The number of aromatic amines is 1. The van der Waals surface area contributed by atoms with Gasteiger partial charge in [-0.1, -0.05) is 0 Å². The molecule has 0 radical (unpaired) electrons. The maximum absolute atomic E-state index is 11.8. The number of aromatic hydroxyl groups is 2. The van der Waals surface area contributed by atoms with E-state index in [-0.39, 0.29) is 17.4 Å². The van der Waals surface area contributed by atoms with Crippen LogP contribution >= 0.6 is 0 Å². The van der Waals surface area contributed by atoms with Gasteiger partial charge in [0.1, 0.15) is 0 Å². The minimum absolute atomic E-state index is 0.248. The fourth-order valence-corrected chi connectivity index (χ4v) is 1.95. The monoisotopic (exact) mass is 242 g/mol. The van der Waals surface area contributed by atoms with Gasteiger partial charge >= 0.3 is 0 Å². The van der Waals surface area contributed by atoms with Gasteiger partial charge in [-0.2, -0.15) is 0 Å². The fourth-order valence-electron chi connectivity index (χ4n) is 1.95. The molecule has 2 aromatic rings. The number of benzene rings is 1. The molecule has 5 heteroatoms. The highest BCUT2D eigenvalue weighted by atomic mass is 16.3. The first kappa shape index (κ1) is 10.5. The smallest absolute Gasteiger partial charge is 0.256 e. The summed E-state index contributed by atoms with van der Waals surface area (Å²) in [6.45, 7) is 0. The number of hydrogen-bond donors (Lipinski definition) is 4. The van der Waals surface area contributed by atoms with Crippen molar-refractivity contribution in [2.24, 2.45) is 0 Å². The van der Waals surface area contributed by atoms with Gasteiger partial charge in [-0.15, -0.1) is 0 Å². The molecule has 1 aromatic carbocycles. The molecule has 0 bridgehead atoms. The maximum atomic E-state index is 11.8. The fraction of sp³-hybridized carbons (Fsp3) is 0. The van der Waals surface area contributed by atoms with E-state index in [9.17, 15) is 15.0 Å². The molecule has 0 saturated carbocycles. The predicted molar refractivity (Wildman–Crippen MR) is 67.1 cm³/mol. The van der Waals surface area contributed by atoms with E-state index in [0.717, 1.165) is 5.69 Å². The molecule has 18 heavy (non-hydrogen) atoms. The molecule has 0 aliphatic carbocycles. The molecule has 3 rings (SSSR count). The van der Waals surface area contributed by atoms with Gasteiger partial charge in [-0.3, -0.25) is 4.79 Å². The topological polar surface area (TPSA) is 85.3 Å². The number of fused-ring (bicyclic) bond motifs is 1. The van der Waals surface area contributed by atoms with Gasteiger partial charge in [-0.25, -0.2) is 0 Å². The lowest BCUT2D eigenvalue weighted by Gasteiger charge is -2.01. The molecule has 0 spiro atoms. The lowest BCUT2D eigenvalue weighted by atomic mass is 10.1. The van der Waals surface area contributed by atoms with Gasteiger partial charge < -0.3 is 20.5 Å². The Hall–Kier alpha value is -2.69. The zero-order valence-corrected chi connectivity index (χ0v) is 9.27. The van der Waals surface area contributed by atoms with Crippen molar-refractivity contribution in [3.8, 4) is 11.5 Å². The van der Waals surface area contributed by atoms with Gasteiger partial charge in [-0.05, 0) is 24.3 Å². The highest BCUT2D eigenvalue weighted by molar-refractivity contribution is 6.35. The Morgan fingerprint density at radius 1 is 1.17 bits per heavy atom. The molecule has 90 valence electrons. The minimum atomic E-state index is -0.260. The summed E-state index contributed by atoms with van der Waals surface area (Å²) in [6, 6.07) is 6.36. The lowest BCUT2D eigenvalue weighted by Crippen LogP contribution is -2.03. The van der Waals surface area contributed by atoms with Crippen LogP contribution in [0.15, 0.2) is 30.5 Å². The van der Waals surface area contributed by atoms with Crippen LogP contribution in [0.1, 0.15) is 11.3 Å². The zero-order valence-electron chi connectivity index (χ0n) is 9.27. The van der Waals surface area contributed by atoms with E-state index in [1.807, 2.05) is 12.1 Å². The minimum Gasteiger partial charge on any atom is -0.504 e. The average Bonchev–Trinajstić information content (AvgIpc) is 2.92. The SMILES string of the molecule is O=C1Nc2cc(O)c(O)cc2/C1=C/c1ccc[nH]1. The first-order valence-corrected chi connectivity index (χ1v) is 5.38. The summed E-state index contributed by atoms with van der Waals surface area (Å²) in [5.74, 6) is -0.762. The average molecular weight is 242 g/mol. The highest BCUT2D eigenvalue weighted by Crippen LogP contribution is 2.39. The molecule has 4 N–H and O–H groups in total. The number of anilines is 1. The molecule has 1 aromatic heterocycles. The third-order valence-corrected chi connectivity index (χ3v) is 2.82. The van der Waals surface area contributed by atoms with Crippen LogP contribution in [0.5, 0.6) is 11.5 Å². The van der Waals surface area contributed by atoms with E-state index < -0.39 is 0 Å². The quantitative estimate of drug-likeness (QED) is 0.350. The van der Waals surface area contributed by atoms with Gasteiger partial charge in [0.05, 0.1) is 11.3 Å². The number of carbonyl (C=O) groups excluding carboxylic acids is 1. The molecule has 0 atom stereocenters. The molecule has 0 unspecified atom stereocenters. The number of phenolic OH excluding ortho intramolecular Hbond substituents is 2. The Balaban J connectivity index is 2.15. The number of H-pyrrole nitrogens is 1. The van der Waals surface area contributed by atoms with E-state index >= 15 is 0 Å². The Morgan fingerprint density at radius 2 is 1.94 bits per heavy atom. The van der Waals surface area contributed by atoms with Crippen LogP contribution in [0.3, 0.4) is 0 Å². The van der Waals surface area contributed by atoms with Crippen LogP contribution < -0.4 is 5.32 Å². The summed E-state index contributed by atoms with van der Waals surface area (Å²) in [6.07, 6.45) is 3.45. The second-order valence-corrected chi connectivity index (χ2v) is 4.02. The van der Waals surface area contributed by atoms with E-state index in [2.05, 4.69) is 10.3 Å². The second kappa shape index (κ2) is 3.66. The van der Waals surface area contributed by atoms with Crippen molar-refractivity contribution in [3.05, 3.63) is 41.7 Å². The van der Waals surface area contributed by atoms with Crippen LogP contribution in [-0.2, 0) is 4.79 Å². The first-order valence-electron chi connectivity index (χ1n) is 5.38. The highest BCUT2D eigenvalue weighted by Gasteiger charge is 2.25. The number of rotatable bonds is 1. The summed E-state index contributed by atoms with van der Waals surface area (Å²) < 4.78 is 0. The lowest BCUT2D eigenvalue weighted by molar-refractivity contribution is -0.110. The number of amides is 1. The predicted octanol–water partition coefficient (Wildman–Crippen LogP) is 1.92. The molecular weight excluding hydrogens is 232 g/mol. The standard InChI is InChI=1S/C13H10N2O3/c16-11-5-8-9(4-7-2-1-3-14-7)13(18)15-10(8)6-12(11)17/h1-6,14,16-17H,(H,15,18)/b9-4-. The summed E-state index contributed by atoms with van der Waals surface area (Å²) in [4.78, 5) is 14.8. The summed E-state index contributed by atoms with van der Waals surface area (Å²) in [5.41, 5.74) is 2.31. The van der Waals surface area contributed by atoms with Crippen LogP contribution in [0.4, 0.5) is 5.69 Å². The van der Waals surface area contributed by atoms with Crippen molar-refractivity contribution in [1.82, 2.24) is 4.98 Å². The van der Waals surface area contributed by atoms with Crippen molar-refractivity contribution in [2.45, 2.75) is 0 Å². The largest absolute Gasteiger partial charge is 0.504 e. The normalized spacial score (nSPS) is 15.8. The molecule has 1 amide bonds. The first-order chi connectivity index (χ1) is 8.65. The Labute approximate surface area is 102 Å². The molecule has 5 nitrogen and oxygen atoms in total. The number of hydrogen-bond acceptors (Lipinski definition) is 3. The number of carbonyl (C=O) groups is 1. The second-order valence-electron chi connectivity index (χ2n) is 4.02. The molecule has 2 heterocycles. The van der Waals surface area contributed by atoms with Crippen LogP contribution in [0, 0.1) is 0 Å². The van der Waals surface area contributed by atoms with Crippen molar-refractivity contribution in [3.63, 3.8) is 0 Å². The summed E-state index contributed by atoms with van der Waals surface area (Å²) in [7, 11) is 0. The molecule has 0 fully saturated rings. The number of nitrogens with one attached hydrogen (secondary N) is 2. The molecule has 1 aliphatic heterocycles. The third kappa shape index (κ3) is 1.53. The van der Waals surface area contributed by atoms with Crippen molar-refractivity contribution >= 4 is 23.2 Å². The Bertz CT molecular complexity index is 657. The van der Waals surface area contributed by atoms with Crippen LogP contribution in [0.2, 0.25) is 0 Å². The maximum Gasteiger partial charge on any atom is 0.256 e. The summed E-state index contributed by atoms with van der Waals surface area (Å²) in [5, 5.41) is 21.5. The van der Waals surface area contributed by atoms with Gasteiger partial charge in [0.25, 0.3) is 5.91 Å². The van der Waals surface area contributed by atoms with E-state index in [1.165, 1.54) is 12.1 Å². The van der Waals surface area contributed by atoms with E-state index in [4.69, 9.17) is 0 Å². The Morgan fingerprint density at radius 3 is 2.67 bits per heavy atom. The third-order valence-electron chi connectivity index (χ3n) is 2.82. The van der Waals surface area contributed by atoms with Gasteiger partial charge in [0.2, 0.25) is 0 Å². The van der Waals surface area contributed by atoms with Crippen LogP contribution in [0.25, 0.3) is 11.6 Å². The van der Waals surface area contributed by atoms with Crippen molar-refractivity contribution in [1.29, 1.82) is 0 Å². The van der Waals surface area contributed by atoms with Gasteiger partial charge in [0, 0.05) is 23.5 Å². The number of phenols is 2. The van der Waals surface area contributed by atoms with Crippen LogP contribution in [-0.4, -0.2) is 21.1 Å². The van der Waals surface area contributed by atoms with Crippen molar-refractivity contribution in [2.75, 3.05) is 5.32 Å². The van der Waals surface area contributed by atoms with E-state index in [1.54, 1.807) is 12.3 Å². The molecule has 0 saturated heterocycles. The molecule has 1 aliphatic rings.